The summed E-state index contributed by atoms with van der Waals surface area (Å²) in [6.45, 7) is 0. The highest BCUT2D eigenvalue weighted by Crippen LogP contribution is 2.27. The monoisotopic (exact) mass is 324 g/mol. The van der Waals surface area contributed by atoms with Gasteiger partial charge < -0.3 is 10.2 Å². The molecule has 4 nitrogen and oxygen atoms in total. The maximum atomic E-state index is 5.71. The first-order valence-corrected chi connectivity index (χ1v) is 7.38. The van der Waals surface area contributed by atoms with Gasteiger partial charge in [0.15, 0.2) is 5.11 Å². The van der Waals surface area contributed by atoms with Crippen LogP contribution in [-0.4, -0.2) is 34.1 Å². The fraction of sp³-hybridized carbons (Fsp3) is 0.154. The Morgan fingerprint density at radius 1 is 1.30 bits per heavy atom. The maximum absolute atomic E-state index is 5.71. The zero-order chi connectivity index (χ0) is 14.5. The van der Waals surface area contributed by atoms with E-state index in [-0.39, 0.29) is 0 Å². The maximum Gasteiger partial charge on any atom is 0.172 e. The number of nitrogens with zero attached hydrogens (tertiary/aromatic N) is 3. The molecule has 1 N–H and O–H groups in total. The molecule has 0 unspecified atom stereocenters. The van der Waals surface area contributed by atoms with Gasteiger partial charge >= 0.3 is 0 Å². The molecule has 0 radical (unpaired) electrons. The SMILES string of the molecule is CN(C)C(=S)Nc1cccc(Sc2cnc(Cl)cn2)c1. The fourth-order valence-electron chi connectivity index (χ4n) is 1.35. The number of thiocarbonyl (C=S) groups is 1. The van der Waals surface area contributed by atoms with Crippen molar-refractivity contribution in [3.63, 3.8) is 0 Å². The van der Waals surface area contributed by atoms with Crippen LogP contribution >= 0.6 is 35.6 Å². The van der Waals surface area contributed by atoms with E-state index in [0.717, 1.165) is 15.6 Å². The Morgan fingerprint density at radius 2 is 2.10 bits per heavy atom. The molecule has 0 aliphatic heterocycles. The summed E-state index contributed by atoms with van der Waals surface area (Å²) in [6, 6.07) is 7.95. The van der Waals surface area contributed by atoms with Crippen LogP contribution in [0.4, 0.5) is 5.69 Å². The molecule has 0 amide bonds. The average molecular weight is 325 g/mol. The summed E-state index contributed by atoms with van der Waals surface area (Å²) in [5.74, 6) is 0. The standard InChI is InChI=1S/C13H13ClN4S2/c1-18(2)13(19)17-9-4-3-5-10(6-9)20-12-8-15-11(14)7-16-12/h3-8H,1-2H3,(H,17,19). The van der Waals surface area contributed by atoms with Gasteiger partial charge in [-0.05, 0) is 30.4 Å². The van der Waals surface area contributed by atoms with Crippen LogP contribution < -0.4 is 5.32 Å². The number of anilines is 1. The van der Waals surface area contributed by atoms with Crippen LogP contribution in [0.15, 0.2) is 46.6 Å². The lowest BCUT2D eigenvalue weighted by Crippen LogP contribution is -2.26. The summed E-state index contributed by atoms with van der Waals surface area (Å²) < 4.78 is 0. The van der Waals surface area contributed by atoms with Crippen molar-refractivity contribution in [2.24, 2.45) is 0 Å². The van der Waals surface area contributed by atoms with Gasteiger partial charge in [-0.25, -0.2) is 9.97 Å². The van der Waals surface area contributed by atoms with Gasteiger partial charge in [0.2, 0.25) is 0 Å². The van der Waals surface area contributed by atoms with Crippen LogP contribution in [0.5, 0.6) is 0 Å². The third kappa shape index (κ3) is 4.33. The average Bonchev–Trinajstić information content (AvgIpc) is 2.42. The van der Waals surface area contributed by atoms with E-state index in [1.54, 1.807) is 6.20 Å². The van der Waals surface area contributed by atoms with Gasteiger partial charge in [-0.2, -0.15) is 0 Å². The zero-order valence-electron chi connectivity index (χ0n) is 11.0. The highest BCUT2D eigenvalue weighted by molar-refractivity contribution is 7.99. The predicted molar refractivity (Wildman–Crippen MR) is 87.5 cm³/mol. The predicted octanol–water partition coefficient (Wildman–Crippen LogP) is 3.54. The smallest absolute Gasteiger partial charge is 0.172 e. The summed E-state index contributed by atoms with van der Waals surface area (Å²) in [5.41, 5.74) is 0.940. The first-order chi connectivity index (χ1) is 9.54. The van der Waals surface area contributed by atoms with Crippen molar-refractivity contribution in [3.8, 4) is 0 Å². The van der Waals surface area contributed by atoms with Crippen molar-refractivity contribution < 1.29 is 0 Å². The van der Waals surface area contributed by atoms with Crippen LogP contribution in [0.1, 0.15) is 0 Å². The van der Waals surface area contributed by atoms with Crippen LogP contribution in [0.2, 0.25) is 5.15 Å². The highest BCUT2D eigenvalue weighted by Gasteiger charge is 2.03. The Bertz CT molecular complexity index is 602. The second-order valence-electron chi connectivity index (χ2n) is 4.13. The Kier molecular flexibility index (Phi) is 5.17. The Labute approximate surface area is 132 Å². The molecule has 0 bridgehead atoms. The lowest BCUT2D eigenvalue weighted by Gasteiger charge is -2.15. The summed E-state index contributed by atoms with van der Waals surface area (Å²) in [7, 11) is 3.80. The summed E-state index contributed by atoms with van der Waals surface area (Å²) in [5, 5.41) is 5.01. The molecule has 20 heavy (non-hydrogen) atoms. The van der Waals surface area contributed by atoms with Gasteiger partial charge in [0.25, 0.3) is 0 Å². The van der Waals surface area contributed by atoms with Crippen LogP contribution in [0, 0.1) is 0 Å². The summed E-state index contributed by atoms with van der Waals surface area (Å²) in [6.07, 6.45) is 3.19. The highest BCUT2D eigenvalue weighted by atomic mass is 35.5. The molecule has 7 heteroatoms. The second-order valence-corrected chi connectivity index (χ2v) is 6.00. The first kappa shape index (κ1) is 15.0. The largest absolute Gasteiger partial charge is 0.355 e. The fourth-order valence-corrected chi connectivity index (χ4v) is 2.35. The molecule has 0 atom stereocenters. The molecule has 0 aliphatic rings. The zero-order valence-corrected chi connectivity index (χ0v) is 13.4. The minimum Gasteiger partial charge on any atom is -0.355 e. The minimum atomic E-state index is 0.390. The van der Waals surface area contributed by atoms with E-state index in [1.807, 2.05) is 43.3 Å². The molecule has 1 aromatic heterocycles. The van der Waals surface area contributed by atoms with E-state index >= 15 is 0 Å². The lowest BCUT2D eigenvalue weighted by atomic mass is 10.3. The Morgan fingerprint density at radius 3 is 2.75 bits per heavy atom. The number of benzene rings is 1. The number of hydrogen-bond donors (Lipinski definition) is 1. The number of aromatic nitrogens is 2. The third-order valence-corrected chi connectivity index (χ3v) is 3.88. The molecule has 0 saturated heterocycles. The quantitative estimate of drug-likeness (QED) is 0.871. The number of nitrogens with one attached hydrogen (secondary N) is 1. The van der Waals surface area contributed by atoms with Crippen LogP contribution in [0.25, 0.3) is 0 Å². The van der Waals surface area contributed by atoms with E-state index in [0.29, 0.717) is 10.3 Å². The van der Waals surface area contributed by atoms with Gasteiger partial charge in [-0.3, -0.25) is 0 Å². The molecule has 0 spiro atoms. The number of rotatable bonds is 3. The van der Waals surface area contributed by atoms with E-state index in [4.69, 9.17) is 23.8 Å². The molecular weight excluding hydrogens is 312 g/mol. The van der Waals surface area contributed by atoms with Crippen molar-refractivity contribution in [2.75, 3.05) is 19.4 Å². The van der Waals surface area contributed by atoms with Gasteiger partial charge in [-0.15, -0.1) is 0 Å². The Balaban J connectivity index is 2.09. The normalized spacial score (nSPS) is 10.2. The second kappa shape index (κ2) is 6.88. The van der Waals surface area contributed by atoms with E-state index < -0.39 is 0 Å². The number of halogens is 1. The van der Waals surface area contributed by atoms with Crippen LogP contribution in [-0.2, 0) is 0 Å². The molecule has 1 heterocycles. The lowest BCUT2D eigenvalue weighted by molar-refractivity contribution is 0.634. The summed E-state index contributed by atoms with van der Waals surface area (Å²) >= 11 is 12.5. The van der Waals surface area contributed by atoms with Crippen molar-refractivity contribution in [3.05, 3.63) is 41.8 Å². The minimum absolute atomic E-state index is 0.390. The molecule has 104 valence electrons. The molecule has 1 aromatic carbocycles. The molecule has 0 saturated carbocycles. The van der Waals surface area contributed by atoms with E-state index in [1.165, 1.54) is 18.0 Å². The summed E-state index contributed by atoms with van der Waals surface area (Å²) in [4.78, 5) is 11.1. The molecule has 0 fully saturated rings. The van der Waals surface area contributed by atoms with Crippen molar-refractivity contribution in [1.82, 2.24) is 14.9 Å². The van der Waals surface area contributed by atoms with E-state index in [2.05, 4.69) is 15.3 Å². The van der Waals surface area contributed by atoms with Gasteiger partial charge in [0.1, 0.15) is 10.2 Å². The van der Waals surface area contributed by atoms with Gasteiger partial charge in [-0.1, -0.05) is 29.4 Å². The Hall–Kier alpha value is -1.37. The topological polar surface area (TPSA) is 41.0 Å². The molecule has 2 aromatic rings. The van der Waals surface area contributed by atoms with Gasteiger partial charge in [0.05, 0.1) is 12.4 Å². The number of hydrogen-bond acceptors (Lipinski definition) is 4. The van der Waals surface area contributed by atoms with Crippen molar-refractivity contribution >= 4 is 46.4 Å². The van der Waals surface area contributed by atoms with Crippen molar-refractivity contribution in [1.29, 1.82) is 0 Å². The third-order valence-electron chi connectivity index (χ3n) is 2.31. The molecule has 2 rings (SSSR count). The van der Waals surface area contributed by atoms with Gasteiger partial charge in [0, 0.05) is 24.7 Å². The van der Waals surface area contributed by atoms with E-state index in [9.17, 15) is 0 Å². The molecule has 0 aliphatic carbocycles. The molecular formula is C13H13ClN4S2. The van der Waals surface area contributed by atoms with Crippen molar-refractivity contribution in [2.45, 2.75) is 9.92 Å². The van der Waals surface area contributed by atoms with Crippen LogP contribution in [0.3, 0.4) is 0 Å². The first-order valence-electron chi connectivity index (χ1n) is 5.78.